The van der Waals surface area contributed by atoms with Crippen molar-refractivity contribution < 1.29 is 24.2 Å². The molecule has 0 aliphatic rings. The van der Waals surface area contributed by atoms with Crippen LogP contribution < -0.4 is 0 Å². The average molecular weight is 262 g/mol. The Bertz CT molecular complexity index is 331. The molecule has 0 aromatic carbocycles. The molecule has 0 spiro atoms. The summed E-state index contributed by atoms with van der Waals surface area (Å²) in [6, 6.07) is 3.39. The van der Waals surface area contributed by atoms with Crippen molar-refractivity contribution in [3.05, 3.63) is 24.2 Å². The first-order valence-corrected chi connectivity index (χ1v) is 6.39. The smallest absolute Gasteiger partial charge is 0.313 e. The molecule has 7 heteroatoms. The Kier molecular flexibility index (Phi) is 5.27. The number of hydrogen-bond acceptors (Lipinski definition) is 5. The van der Waals surface area contributed by atoms with Crippen LogP contribution in [0.15, 0.2) is 22.8 Å². The van der Waals surface area contributed by atoms with Crippen molar-refractivity contribution in [2.75, 3.05) is 11.5 Å². The molecule has 0 aliphatic carbocycles. The van der Waals surface area contributed by atoms with E-state index in [0.717, 1.165) is 23.5 Å². The molecule has 0 radical (unpaired) electrons. The van der Waals surface area contributed by atoms with Gasteiger partial charge < -0.3 is 14.6 Å². The lowest BCUT2D eigenvalue weighted by Gasteiger charge is -2.10. The molecular formula is C9H10O5S2. The molecule has 0 unspecified atom stereocenters. The zero-order valence-corrected chi connectivity index (χ0v) is 9.79. The lowest BCUT2D eigenvalue weighted by atomic mass is 10.5. The van der Waals surface area contributed by atoms with Gasteiger partial charge in [-0.3, -0.25) is 9.59 Å². The van der Waals surface area contributed by atoms with Gasteiger partial charge in [-0.1, -0.05) is 0 Å². The average Bonchev–Trinajstić information content (AvgIpc) is 2.70. The molecule has 0 amide bonds. The molecule has 1 rings (SSSR count). The molecule has 5 nitrogen and oxygen atoms in total. The summed E-state index contributed by atoms with van der Waals surface area (Å²) in [5.74, 6) is -1.46. The fourth-order valence-corrected chi connectivity index (χ4v) is 2.91. The van der Waals surface area contributed by atoms with Crippen LogP contribution in [0.3, 0.4) is 0 Å². The topological polar surface area (TPSA) is 87.7 Å². The van der Waals surface area contributed by atoms with Gasteiger partial charge in [0.2, 0.25) is 0 Å². The van der Waals surface area contributed by atoms with Crippen LogP contribution in [0.2, 0.25) is 0 Å². The van der Waals surface area contributed by atoms with Crippen LogP contribution in [-0.2, 0) is 9.59 Å². The van der Waals surface area contributed by atoms with Crippen molar-refractivity contribution in [3.63, 3.8) is 0 Å². The van der Waals surface area contributed by atoms with Gasteiger partial charge in [0.05, 0.1) is 17.8 Å². The van der Waals surface area contributed by atoms with E-state index < -0.39 is 11.9 Å². The van der Waals surface area contributed by atoms with Crippen molar-refractivity contribution in [2.24, 2.45) is 0 Å². The summed E-state index contributed by atoms with van der Waals surface area (Å²) in [5, 5.41) is 17.1. The maximum atomic E-state index is 10.4. The molecule has 0 aliphatic heterocycles. The molecule has 0 saturated heterocycles. The van der Waals surface area contributed by atoms with Gasteiger partial charge in [0.25, 0.3) is 0 Å². The highest BCUT2D eigenvalue weighted by Gasteiger charge is 2.18. The second-order valence-electron chi connectivity index (χ2n) is 2.76. The van der Waals surface area contributed by atoms with Crippen LogP contribution in [0.25, 0.3) is 0 Å². The fraction of sp³-hybridized carbons (Fsp3) is 0.333. The normalized spacial score (nSPS) is 10.6. The Hall–Kier alpha value is -1.08. The van der Waals surface area contributed by atoms with Crippen LogP contribution >= 0.6 is 23.5 Å². The van der Waals surface area contributed by atoms with E-state index in [1.807, 2.05) is 0 Å². The summed E-state index contributed by atoms with van der Waals surface area (Å²) in [7, 11) is 0. The molecule has 1 aromatic heterocycles. The minimum Gasteiger partial charge on any atom is -0.481 e. The number of rotatable bonds is 7. The highest BCUT2D eigenvalue weighted by Crippen LogP contribution is 2.39. The van der Waals surface area contributed by atoms with Crippen LogP contribution in [0, 0.1) is 0 Å². The predicted octanol–water partition coefficient (Wildman–Crippen LogP) is 1.91. The number of carboxylic acid groups (broad SMARTS) is 2. The maximum Gasteiger partial charge on any atom is 0.313 e. The fourth-order valence-electron chi connectivity index (χ4n) is 0.932. The third-order valence-electron chi connectivity index (χ3n) is 1.49. The standard InChI is InChI=1S/C9H10O5S2/c10-7(11)4-15-9(16-5-8(12)13)6-2-1-3-14-6/h1-3,9H,4-5H2,(H,10,11)(H,12,13). The molecule has 88 valence electrons. The lowest BCUT2D eigenvalue weighted by molar-refractivity contribution is -0.134. The number of hydrogen-bond donors (Lipinski definition) is 2. The van der Waals surface area contributed by atoms with E-state index in [4.69, 9.17) is 14.6 Å². The molecule has 0 bridgehead atoms. The van der Waals surface area contributed by atoms with E-state index in [1.165, 1.54) is 6.26 Å². The minimum atomic E-state index is -0.933. The molecule has 0 fully saturated rings. The summed E-state index contributed by atoms with van der Waals surface area (Å²) in [5.41, 5.74) is 0. The van der Waals surface area contributed by atoms with E-state index in [1.54, 1.807) is 12.1 Å². The van der Waals surface area contributed by atoms with Gasteiger partial charge in [-0.05, 0) is 12.1 Å². The third-order valence-corrected chi connectivity index (χ3v) is 4.21. The van der Waals surface area contributed by atoms with Crippen molar-refractivity contribution >= 4 is 35.5 Å². The molecular weight excluding hydrogens is 252 g/mol. The van der Waals surface area contributed by atoms with E-state index >= 15 is 0 Å². The second kappa shape index (κ2) is 6.49. The lowest BCUT2D eigenvalue weighted by Crippen LogP contribution is -2.04. The number of carboxylic acids is 2. The van der Waals surface area contributed by atoms with Crippen molar-refractivity contribution in [1.82, 2.24) is 0 Å². The second-order valence-corrected chi connectivity index (χ2v) is 5.24. The summed E-state index contributed by atoms with van der Waals surface area (Å²) in [6.45, 7) is 0. The van der Waals surface area contributed by atoms with Gasteiger partial charge in [0, 0.05) is 0 Å². The summed E-state index contributed by atoms with van der Waals surface area (Å²) in [6.07, 6.45) is 1.48. The van der Waals surface area contributed by atoms with Crippen molar-refractivity contribution in [3.8, 4) is 0 Å². The first-order valence-electron chi connectivity index (χ1n) is 4.30. The van der Waals surface area contributed by atoms with Crippen LogP contribution in [-0.4, -0.2) is 33.7 Å². The van der Waals surface area contributed by atoms with Crippen molar-refractivity contribution in [2.45, 2.75) is 4.58 Å². The molecule has 1 aromatic rings. The van der Waals surface area contributed by atoms with Crippen molar-refractivity contribution in [1.29, 1.82) is 0 Å². The van der Waals surface area contributed by atoms with E-state index in [0.29, 0.717) is 5.76 Å². The van der Waals surface area contributed by atoms with Gasteiger partial charge in [0.15, 0.2) is 0 Å². The predicted molar refractivity (Wildman–Crippen MR) is 61.6 cm³/mol. The summed E-state index contributed by atoms with van der Waals surface area (Å²) < 4.78 is 4.83. The summed E-state index contributed by atoms with van der Waals surface area (Å²) >= 11 is 2.27. The molecule has 0 atom stereocenters. The Labute approximate surface area is 100 Å². The highest BCUT2D eigenvalue weighted by molar-refractivity contribution is 8.16. The Morgan fingerprint density at radius 2 is 1.81 bits per heavy atom. The Morgan fingerprint density at radius 1 is 1.25 bits per heavy atom. The SMILES string of the molecule is O=C(O)CSC(SCC(=O)O)c1ccco1. The van der Waals surface area contributed by atoms with Gasteiger partial charge in [-0.2, -0.15) is 0 Å². The Morgan fingerprint density at radius 3 is 2.19 bits per heavy atom. The zero-order valence-electron chi connectivity index (χ0n) is 8.16. The van der Waals surface area contributed by atoms with Crippen LogP contribution in [0.4, 0.5) is 0 Å². The number of carbonyl (C=O) groups is 2. The first-order chi connectivity index (χ1) is 7.59. The number of aliphatic carboxylic acids is 2. The minimum absolute atomic E-state index is 0.0853. The molecule has 2 N–H and O–H groups in total. The molecule has 1 heterocycles. The quantitative estimate of drug-likeness (QED) is 0.726. The van der Waals surface area contributed by atoms with Gasteiger partial charge in [0.1, 0.15) is 10.3 Å². The largest absolute Gasteiger partial charge is 0.481 e. The molecule has 16 heavy (non-hydrogen) atoms. The van der Waals surface area contributed by atoms with Gasteiger partial charge in [-0.15, -0.1) is 23.5 Å². The van der Waals surface area contributed by atoms with E-state index in [9.17, 15) is 9.59 Å². The van der Waals surface area contributed by atoms with Gasteiger partial charge >= 0.3 is 11.9 Å². The van der Waals surface area contributed by atoms with Crippen LogP contribution in [0.1, 0.15) is 10.3 Å². The highest BCUT2D eigenvalue weighted by atomic mass is 32.2. The van der Waals surface area contributed by atoms with Crippen LogP contribution in [0.5, 0.6) is 0 Å². The number of thioether (sulfide) groups is 2. The maximum absolute atomic E-state index is 10.4. The van der Waals surface area contributed by atoms with E-state index in [2.05, 4.69) is 0 Å². The Balaban J connectivity index is 2.55. The number of furan rings is 1. The summed E-state index contributed by atoms with van der Waals surface area (Å²) in [4.78, 5) is 20.9. The van der Waals surface area contributed by atoms with E-state index in [-0.39, 0.29) is 16.1 Å². The third kappa shape index (κ3) is 4.63. The van der Waals surface area contributed by atoms with Gasteiger partial charge in [-0.25, -0.2) is 0 Å². The molecule has 0 saturated carbocycles. The monoisotopic (exact) mass is 262 g/mol. The zero-order chi connectivity index (χ0) is 12.0. The first kappa shape index (κ1) is 13.0.